The van der Waals surface area contributed by atoms with Gasteiger partial charge in [0.25, 0.3) is 0 Å². The van der Waals surface area contributed by atoms with Gasteiger partial charge in [-0.3, -0.25) is 9.69 Å². The summed E-state index contributed by atoms with van der Waals surface area (Å²) < 4.78 is 5.48. The van der Waals surface area contributed by atoms with Crippen LogP contribution in [0.25, 0.3) is 0 Å². The van der Waals surface area contributed by atoms with Gasteiger partial charge in [0.05, 0.1) is 5.54 Å². The molecule has 0 aromatic heterocycles. The van der Waals surface area contributed by atoms with Gasteiger partial charge in [-0.05, 0) is 52.0 Å². The lowest BCUT2D eigenvalue weighted by atomic mass is 9.87. The van der Waals surface area contributed by atoms with Gasteiger partial charge in [-0.15, -0.1) is 0 Å². The first-order chi connectivity index (χ1) is 13.2. The molecule has 1 saturated heterocycles. The molecule has 1 aliphatic carbocycles. The van der Waals surface area contributed by atoms with Crippen LogP contribution in [0.4, 0.5) is 4.79 Å². The Labute approximate surface area is 168 Å². The van der Waals surface area contributed by atoms with Crippen molar-refractivity contribution < 1.29 is 14.3 Å². The topological polar surface area (TPSA) is 70.7 Å². The lowest BCUT2D eigenvalue weighted by Crippen LogP contribution is -2.61. The third kappa shape index (κ3) is 6.23. The summed E-state index contributed by atoms with van der Waals surface area (Å²) in [5, 5.41) is 6.15. The summed E-state index contributed by atoms with van der Waals surface area (Å²) in [6.45, 7) is 8.66. The normalized spacial score (nSPS) is 19.7. The second-order valence-corrected chi connectivity index (χ2v) is 9.16. The lowest BCUT2D eigenvalue weighted by molar-refractivity contribution is -0.122. The molecule has 0 bridgehead atoms. The SMILES string of the molecule is CC(C)(C)OC(=O)NC1(CNC(=O)C2CC2)CCN(Cc2ccccc2)CC1. The number of amides is 2. The molecule has 1 aromatic rings. The summed E-state index contributed by atoms with van der Waals surface area (Å²) in [5.74, 6) is 0.272. The number of nitrogens with one attached hydrogen (secondary N) is 2. The maximum absolute atomic E-state index is 12.4. The van der Waals surface area contributed by atoms with E-state index in [1.807, 2.05) is 26.8 Å². The molecule has 1 heterocycles. The van der Waals surface area contributed by atoms with E-state index in [-0.39, 0.29) is 11.8 Å². The van der Waals surface area contributed by atoms with Crippen molar-refractivity contribution in [2.24, 2.45) is 5.92 Å². The number of hydrogen-bond acceptors (Lipinski definition) is 4. The highest BCUT2D eigenvalue weighted by molar-refractivity contribution is 5.81. The van der Waals surface area contributed by atoms with E-state index in [2.05, 4.69) is 39.8 Å². The van der Waals surface area contributed by atoms with E-state index in [1.165, 1.54) is 5.56 Å². The van der Waals surface area contributed by atoms with Crippen molar-refractivity contribution in [2.75, 3.05) is 19.6 Å². The quantitative estimate of drug-likeness (QED) is 0.787. The van der Waals surface area contributed by atoms with Crippen LogP contribution in [0.3, 0.4) is 0 Å². The van der Waals surface area contributed by atoms with Crippen LogP contribution in [0.2, 0.25) is 0 Å². The smallest absolute Gasteiger partial charge is 0.408 e. The Hall–Kier alpha value is -2.08. The Bertz CT molecular complexity index is 672. The summed E-state index contributed by atoms with van der Waals surface area (Å²) in [7, 11) is 0. The number of rotatable bonds is 6. The largest absolute Gasteiger partial charge is 0.444 e. The molecule has 6 nitrogen and oxygen atoms in total. The van der Waals surface area contributed by atoms with Crippen molar-refractivity contribution in [3.05, 3.63) is 35.9 Å². The van der Waals surface area contributed by atoms with Gasteiger partial charge in [0, 0.05) is 32.1 Å². The van der Waals surface area contributed by atoms with Crippen molar-refractivity contribution in [1.29, 1.82) is 0 Å². The van der Waals surface area contributed by atoms with E-state index in [0.29, 0.717) is 6.54 Å². The number of hydrogen-bond donors (Lipinski definition) is 2. The zero-order valence-electron chi connectivity index (χ0n) is 17.3. The van der Waals surface area contributed by atoms with Crippen LogP contribution in [-0.4, -0.2) is 47.7 Å². The number of nitrogens with zero attached hydrogens (tertiary/aromatic N) is 1. The number of carbonyl (C=O) groups is 2. The minimum Gasteiger partial charge on any atom is -0.444 e. The molecule has 154 valence electrons. The monoisotopic (exact) mass is 387 g/mol. The fourth-order valence-electron chi connectivity index (χ4n) is 3.59. The first-order valence-corrected chi connectivity index (χ1v) is 10.3. The second kappa shape index (κ2) is 8.52. The molecule has 0 radical (unpaired) electrons. The fourth-order valence-corrected chi connectivity index (χ4v) is 3.59. The zero-order valence-corrected chi connectivity index (χ0v) is 17.3. The zero-order chi connectivity index (χ0) is 20.2. The van der Waals surface area contributed by atoms with Crippen molar-refractivity contribution in [3.63, 3.8) is 0 Å². The average Bonchev–Trinajstić information content (AvgIpc) is 3.46. The minimum atomic E-state index is -0.545. The Morgan fingerprint density at radius 2 is 1.79 bits per heavy atom. The van der Waals surface area contributed by atoms with E-state index in [1.54, 1.807) is 0 Å². The highest BCUT2D eigenvalue weighted by Crippen LogP contribution is 2.29. The van der Waals surface area contributed by atoms with Crippen LogP contribution < -0.4 is 10.6 Å². The summed E-state index contributed by atoms with van der Waals surface area (Å²) in [6, 6.07) is 10.4. The lowest BCUT2D eigenvalue weighted by Gasteiger charge is -2.42. The third-order valence-electron chi connectivity index (χ3n) is 5.38. The number of carbonyl (C=O) groups excluding carboxylic acids is 2. The predicted octanol–water partition coefficient (Wildman–Crippen LogP) is 3.07. The van der Waals surface area contributed by atoms with E-state index in [4.69, 9.17) is 4.74 Å². The van der Waals surface area contributed by atoms with Crippen molar-refractivity contribution >= 4 is 12.0 Å². The van der Waals surface area contributed by atoms with Crippen molar-refractivity contribution in [1.82, 2.24) is 15.5 Å². The van der Waals surface area contributed by atoms with Crippen LogP contribution in [0.15, 0.2) is 30.3 Å². The van der Waals surface area contributed by atoms with Crippen LogP contribution >= 0.6 is 0 Å². The van der Waals surface area contributed by atoms with Gasteiger partial charge in [0.2, 0.25) is 5.91 Å². The molecule has 2 amide bonds. The predicted molar refractivity (Wildman–Crippen MR) is 109 cm³/mol. The van der Waals surface area contributed by atoms with Gasteiger partial charge in [-0.25, -0.2) is 4.79 Å². The summed E-state index contributed by atoms with van der Waals surface area (Å²) in [4.78, 5) is 27.0. The van der Waals surface area contributed by atoms with E-state index in [9.17, 15) is 9.59 Å². The van der Waals surface area contributed by atoms with Gasteiger partial charge in [-0.2, -0.15) is 0 Å². The number of benzene rings is 1. The second-order valence-electron chi connectivity index (χ2n) is 9.16. The number of alkyl carbamates (subject to hydrolysis) is 1. The Kier molecular flexibility index (Phi) is 6.28. The molecule has 1 saturated carbocycles. The van der Waals surface area contributed by atoms with E-state index >= 15 is 0 Å². The third-order valence-corrected chi connectivity index (χ3v) is 5.38. The molecule has 2 N–H and O–H groups in total. The molecule has 3 rings (SSSR count). The van der Waals surface area contributed by atoms with Crippen LogP contribution in [-0.2, 0) is 16.1 Å². The molecular formula is C22H33N3O3. The number of likely N-dealkylation sites (tertiary alicyclic amines) is 1. The van der Waals surface area contributed by atoms with Crippen LogP contribution in [0.1, 0.15) is 52.0 Å². The summed E-state index contributed by atoms with van der Waals surface area (Å²) >= 11 is 0. The number of ether oxygens (including phenoxy) is 1. The summed E-state index contributed by atoms with van der Waals surface area (Å²) in [5.41, 5.74) is 0.286. The van der Waals surface area contributed by atoms with Gasteiger partial charge >= 0.3 is 6.09 Å². The molecule has 0 atom stereocenters. The molecule has 2 aliphatic rings. The van der Waals surface area contributed by atoms with Crippen LogP contribution in [0, 0.1) is 5.92 Å². The maximum Gasteiger partial charge on any atom is 0.408 e. The molecule has 1 aliphatic heterocycles. The fraction of sp³-hybridized carbons (Fsp3) is 0.636. The van der Waals surface area contributed by atoms with Gasteiger partial charge < -0.3 is 15.4 Å². The van der Waals surface area contributed by atoms with Crippen molar-refractivity contribution in [3.8, 4) is 0 Å². The molecule has 28 heavy (non-hydrogen) atoms. The molecule has 1 aromatic carbocycles. The number of piperidine rings is 1. The van der Waals surface area contributed by atoms with E-state index < -0.39 is 17.2 Å². The maximum atomic E-state index is 12.4. The first kappa shape index (κ1) is 20.6. The highest BCUT2D eigenvalue weighted by atomic mass is 16.6. The minimum absolute atomic E-state index is 0.108. The average molecular weight is 388 g/mol. The standard InChI is InChI=1S/C22H33N3O3/c1-21(2,3)28-20(27)24-22(16-23-19(26)18-9-10-18)11-13-25(14-12-22)15-17-7-5-4-6-8-17/h4-8,18H,9-16H2,1-3H3,(H,23,26)(H,24,27). The highest BCUT2D eigenvalue weighted by Gasteiger charge is 2.39. The molecule has 6 heteroatoms. The Balaban J connectivity index is 1.59. The van der Waals surface area contributed by atoms with E-state index in [0.717, 1.165) is 45.3 Å². The Morgan fingerprint density at radius 1 is 1.14 bits per heavy atom. The molecule has 0 unspecified atom stereocenters. The first-order valence-electron chi connectivity index (χ1n) is 10.3. The molecular weight excluding hydrogens is 354 g/mol. The van der Waals surface area contributed by atoms with Crippen molar-refractivity contribution in [2.45, 2.75) is 64.1 Å². The molecule has 2 fully saturated rings. The summed E-state index contributed by atoms with van der Waals surface area (Å²) in [6.07, 6.45) is 3.10. The van der Waals surface area contributed by atoms with Gasteiger partial charge in [0.1, 0.15) is 5.60 Å². The van der Waals surface area contributed by atoms with Gasteiger partial charge in [0.15, 0.2) is 0 Å². The molecule has 0 spiro atoms. The van der Waals surface area contributed by atoms with Crippen LogP contribution in [0.5, 0.6) is 0 Å². The van der Waals surface area contributed by atoms with Gasteiger partial charge in [-0.1, -0.05) is 30.3 Å². The Morgan fingerprint density at radius 3 is 2.36 bits per heavy atom.